The molecule has 0 amide bonds. The molecule has 0 fully saturated rings. The predicted octanol–water partition coefficient (Wildman–Crippen LogP) is 4.05. The first-order valence-corrected chi connectivity index (χ1v) is 10.3. The van der Waals surface area contributed by atoms with Gasteiger partial charge in [-0.1, -0.05) is 12.1 Å². The molecule has 26 heavy (non-hydrogen) atoms. The first-order chi connectivity index (χ1) is 12.4. The van der Waals surface area contributed by atoms with E-state index < -0.39 is 10.0 Å². The standard InChI is InChI=1S/C18H18FN3O2S2/c1-13-2-9-18(25-13)26(23,24)22-17-8-7-16(12-21-17)20-11-10-14-3-5-15(19)6-4-14/h2-9,12,20H,10-11H2,1H3,(H,21,22). The van der Waals surface area contributed by atoms with Crippen LogP contribution in [-0.2, 0) is 16.4 Å². The minimum Gasteiger partial charge on any atom is -0.383 e. The molecule has 2 N–H and O–H groups in total. The molecule has 8 heteroatoms. The number of hydrogen-bond donors (Lipinski definition) is 2. The molecule has 5 nitrogen and oxygen atoms in total. The first-order valence-electron chi connectivity index (χ1n) is 7.96. The number of hydrogen-bond acceptors (Lipinski definition) is 5. The summed E-state index contributed by atoms with van der Waals surface area (Å²) in [7, 11) is -3.61. The summed E-state index contributed by atoms with van der Waals surface area (Å²) >= 11 is 1.21. The number of nitrogens with zero attached hydrogens (tertiary/aromatic N) is 1. The van der Waals surface area contributed by atoms with Crippen molar-refractivity contribution in [3.8, 4) is 0 Å². The molecule has 0 aliphatic heterocycles. The lowest BCUT2D eigenvalue weighted by Gasteiger charge is -2.08. The Morgan fingerprint density at radius 3 is 2.46 bits per heavy atom. The van der Waals surface area contributed by atoms with Crippen molar-refractivity contribution in [2.75, 3.05) is 16.6 Å². The van der Waals surface area contributed by atoms with Crippen LogP contribution in [0, 0.1) is 12.7 Å². The molecule has 0 unspecified atom stereocenters. The van der Waals surface area contributed by atoms with Crippen LogP contribution >= 0.6 is 11.3 Å². The van der Waals surface area contributed by atoms with E-state index in [1.54, 1.807) is 42.6 Å². The number of benzene rings is 1. The number of rotatable bonds is 7. The van der Waals surface area contributed by atoms with E-state index in [-0.39, 0.29) is 15.8 Å². The maximum absolute atomic E-state index is 12.9. The molecule has 0 aliphatic rings. The van der Waals surface area contributed by atoms with Crippen LogP contribution in [0.15, 0.2) is 58.9 Å². The van der Waals surface area contributed by atoms with Gasteiger partial charge in [-0.15, -0.1) is 11.3 Å². The number of anilines is 2. The summed E-state index contributed by atoms with van der Waals surface area (Å²) in [4.78, 5) is 5.07. The summed E-state index contributed by atoms with van der Waals surface area (Å²) < 4.78 is 40.1. The van der Waals surface area contributed by atoms with Crippen LogP contribution in [0.4, 0.5) is 15.9 Å². The molecule has 2 aromatic heterocycles. The highest BCUT2D eigenvalue weighted by Gasteiger charge is 2.16. The monoisotopic (exact) mass is 391 g/mol. The van der Waals surface area contributed by atoms with Crippen molar-refractivity contribution in [2.45, 2.75) is 17.6 Å². The zero-order valence-electron chi connectivity index (χ0n) is 14.1. The van der Waals surface area contributed by atoms with Crippen LogP contribution in [0.5, 0.6) is 0 Å². The van der Waals surface area contributed by atoms with Crippen LogP contribution in [0.3, 0.4) is 0 Å². The number of halogens is 1. The molecule has 0 radical (unpaired) electrons. The second-order valence-corrected chi connectivity index (χ2v) is 8.90. The van der Waals surface area contributed by atoms with Crippen molar-refractivity contribution in [1.29, 1.82) is 0 Å². The van der Waals surface area contributed by atoms with Gasteiger partial charge in [-0.05, 0) is 55.3 Å². The molecule has 136 valence electrons. The van der Waals surface area contributed by atoms with E-state index >= 15 is 0 Å². The molecule has 0 spiro atoms. The topological polar surface area (TPSA) is 71.1 Å². The number of aryl methyl sites for hydroxylation is 1. The molecule has 2 heterocycles. The van der Waals surface area contributed by atoms with E-state index in [1.165, 1.54) is 23.5 Å². The number of pyridine rings is 1. The lowest BCUT2D eigenvalue weighted by molar-refractivity contribution is 0.603. The molecular weight excluding hydrogens is 373 g/mol. The molecule has 3 aromatic rings. The second kappa shape index (κ2) is 7.84. The summed E-state index contributed by atoms with van der Waals surface area (Å²) in [5.41, 5.74) is 1.81. The molecule has 3 rings (SSSR count). The molecular formula is C18H18FN3O2S2. The lowest BCUT2D eigenvalue weighted by Crippen LogP contribution is -2.12. The highest BCUT2D eigenvalue weighted by atomic mass is 32.2. The van der Waals surface area contributed by atoms with Crippen molar-refractivity contribution >= 4 is 32.9 Å². The van der Waals surface area contributed by atoms with Crippen LogP contribution in [0.2, 0.25) is 0 Å². The smallest absolute Gasteiger partial charge is 0.272 e. The maximum Gasteiger partial charge on any atom is 0.272 e. The second-order valence-electron chi connectivity index (χ2n) is 5.71. The Labute approximate surface area is 156 Å². The van der Waals surface area contributed by atoms with Gasteiger partial charge in [0.15, 0.2) is 0 Å². The number of sulfonamides is 1. The third kappa shape index (κ3) is 4.80. The molecule has 0 aliphatic carbocycles. The van der Waals surface area contributed by atoms with Gasteiger partial charge in [0.25, 0.3) is 10.0 Å². The summed E-state index contributed by atoms with van der Waals surface area (Å²) in [6, 6.07) is 13.1. The zero-order valence-corrected chi connectivity index (χ0v) is 15.7. The SMILES string of the molecule is Cc1ccc(S(=O)(=O)Nc2ccc(NCCc3ccc(F)cc3)cn2)s1. The molecule has 0 atom stereocenters. The molecule has 0 bridgehead atoms. The minimum absolute atomic E-state index is 0.248. The largest absolute Gasteiger partial charge is 0.383 e. The van der Waals surface area contributed by atoms with Crippen molar-refractivity contribution in [1.82, 2.24) is 4.98 Å². The van der Waals surface area contributed by atoms with Crippen molar-refractivity contribution in [3.63, 3.8) is 0 Å². The fourth-order valence-electron chi connectivity index (χ4n) is 2.31. The van der Waals surface area contributed by atoms with Crippen molar-refractivity contribution in [2.24, 2.45) is 0 Å². The van der Waals surface area contributed by atoms with E-state index in [2.05, 4.69) is 15.0 Å². The lowest BCUT2D eigenvalue weighted by atomic mass is 10.1. The van der Waals surface area contributed by atoms with Crippen molar-refractivity contribution < 1.29 is 12.8 Å². The van der Waals surface area contributed by atoms with Gasteiger partial charge < -0.3 is 5.32 Å². The van der Waals surface area contributed by atoms with Gasteiger partial charge in [0, 0.05) is 11.4 Å². The van der Waals surface area contributed by atoms with Gasteiger partial charge in [-0.2, -0.15) is 0 Å². The van der Waals surface area contributed by atoms with Gasteiger partial charge in [0.2, 0.25) is 0 Å². The van der Waals surface area contributed by atoms with Gasteiger partial charge in [0.05, 0.1) is 11.9 Å². The molecule has 0 saturated carbocycles. The Kier molecular flexibility index (Phi) is 5.53. The highest BCUT2D eigenvalue weighted by Crippen LogP contribution is 2.23. The Bertz CT molecular complexity index is 968. The van der Waals surface area contributed by atoms with Gasteiger partial charge in [0.1, 0.15) is 15.8 Å². The van der Waals surface area contributed by atoms with Crippen molar-refractivity contribution in [3.05, 3.63) is 71.0 Å². The summed E-state index contributed by atoms with van der Waals surface area (Å²) in [5.74, 6) is 0.0156. The summed E-state index contributed by atoms with van der Waals surface area (Å²) in [6.45, 7) is 2.52. The van der Waals surface area contributed by atoms with E-state index in [0.29, 0.717) is 6.54 Å². The molecule has 0 saturated heterocycles. The molecule has 1 aromatic carbocycles. The van der Waals surface area contributed by atoms with Crippen LogP contribution < -0.4 is 10.0 Å². The van der Waals surface area contributed by atoms with Crippen LogP contribution in [0.1, 0.15) is 10.4 Å². The van der Waals surface area contributed by atoms with E-state index in [1.807, 2.05) is 6.92 Å². The average molecular weight is 391 g/mol. The Hall–Kier alpha value is -2.45. The number of nitrogens with one attached hydrogen (secondary N) is 2. The summed E-state index contributed by atoms with van der Waals surface area (Å²) in [5, 5.41) is 3.20. The quantitative estimate of drug-likeness (QED) is 0.637. The minimum atomic E-state index is -3.61. The summed E-state index contributed by atoms with van der Waals surface area (Å²) in [6.07, 6.45) is 2.31. The van der Waals surface area contributed by atoms with Crippen LogP contribution in [0.25, 0.3) is 0 Å². The highest BCUT2D eigenvalue weighted by molar-refractivity contribution is 7.94. The predicted molar refractivity (Wildman–Crippen MR) is 103 cm³/mol. The van der Waals surface area contributed by atoms with Gasteiger partial charge in [-0.3, -0.25) is 4.72 Å². The van der Waals surface area contributed by atoms with Gasteiger partial charge in [-0.25, -0.2) is 17.8 Å². The fourth-order valence-corrected chi connectivity index (χ4v) is 4.60. The third-order valence-electron chi connectivity index (χ3n) is 3.64. The van der Waals surface area contributed by atoms with E-state index in [0.717, 1.165) is 22.5 Å². The Balaban J connectivity index is 1.55. The average Bonchev–Trinajstić information content (AvgIpc) is 3.05. The van der Waals surface area contributed by atoms with E-state index in [9.17, 15) is 12.8 Å². The Morgan fingerprint density at radius 2 is 1.85 bits per heavy atom. The Morgan fingerprint density at radius 1 is 1.08 bits per heavy atom. The first kappa shape index (κ1) is 18.3. The van der Waals surface area contributed by atoms with Gasteiger partial charge >= 0.3 is 0 Å². The normalized spacial score (nSPS) is 11.3. The number of thiophene rings is 1. The van der Waals surface area contributed by atoms with E-state index in [4.69, 9.17) is 0 Å². The van der Waals surface area contributed by atoms with Crippen LogP contribution in [-0.4, -0.2) is 19.9 Å². The zero-order chi connectivity index (χ0) is 18.6. The number of aromatic nitrogens is 1. The fraction of sp³-hybridized carbons (Fsp3) is 0.167. The maximum atomic E-state index is 12.9. The third-order valence-corrected chi connectivity index (χ3v) is 6.49.